The van der Waals surface area contributed by atoms with Gasteiger partial charge in [-0.3, -0.25) is 9.59 Å². The lowest BCUT2D eigenvalue weighted by atomic mass is 9.76. The molecule has 2 N–H and O–H groups in total. The Hall–Kier alpha value is -2.09. The van der Waals surface area contributed by atoms with E-state index in [1.54, 1.807) is 4.90 Å². The second-order valence-corrected chi connectivity index (χ2v) is 6.87. The van der Waals surface area contributed by atoms with Gasteiger partial charge < -0.3 is 15.3 Å². The molecule has 2 saturated heterocycles. The number of benzene rings is 1. The van der Waals surface area contributed by atoms with Crippen molar-refractivity contribution in [1.29, 1.82) is 0 Å². The number of likely N-dealkylation sites (tertiary alicyclic amines) is 1. The third-order valence-electron chi connectivity index (χ3n) is 5.29. The Kier molecular flexibility index (Phi) is 4.73. The summed E-state index contributed by atoms with van der Waals surface area (Å²) in [4.78, 5) is 25.0. The van der Waals surface area contributed by atoms with Gasteiger partial charge in [0, 0.05) is 25.2 Å². The van der Waals surface area contributed by atoms with Crippen LogP contribution in [0.25, 0.3) is 0 Å². The van der Waals surface area contributed by atoms with Crippen molar-refractivity contribution >= 4 is 11.9 Å². The van der Waals surface area contributed by atoms with Gasteiger partial charge in [0.2, 0.25) is 5.91 Å². The van der Waals surface area contributed by atoms with Gasteiger partial charge in [-0.05, 0) is 30.7 Å². The lowest BCUT2D eigenvalue weighted by Gasteiger charge is -2.39. The highest BCUT2D eigenvalue weighted by Crippen LogP contribution is 2.39. The molecule has 2 heterocycles. The molecule has 2 aliphatic rings. The van der Waals surface area contributed by atoms with Crippen molar-refractivity contribution in [2.24, 2.45) is 5.41 Å². The molecule has 0 saturated carbocycles. The summed E-state index contributed by atoms with van der Waals surface area (Å²) in [6.45, 7) is 1.49. The van der Waals surface area contributed by atoms with Gasteiger partial charge in [0.1, 0.15) is 6.04 Å². The minimum atomic E-state index is -1.57. The molecule has 1 spiro atoms. The second-order valence-electron chi connectivity index (χ2n) is 6.87. The molecule has 1 atom stereocenters. The van der Waals surface area contributed by atoms with Crippen LogP contribution in [0.15, 0.2) is 12.1 Å². The highest BCUT2D eigenvalue weighted by molar-refractivity contribution is 5.79. The number of carboxylic acids is 1. The molecule has 2 aliphatic heterocycles. The lowest BCUT2D eigenvalue weighted by molar-refractivity contribution is -0.139. The summed E-state index contributed by atoms with van der Waals surface area (Å²) in [6.07, 6.45) is 1.53. The van der Waals surface area contributed by atoms with Crippen molar-refractivity contribution in [3.63, 3.8) is 0 Å². The molecular formula is C17H19F3N2O3. The fourth-order valence-electron chi connectivity index (χ4n) is 3.68. The first-order valence-electron chi connectivity index (χ1n) is 8.18. The normalized spacial score (nSPS) is 22.4. The van der Waals surface area contributed by atoms with E-state index in [1.165, 1.54) is 0 Å². The third kappa shape index (κ3) is 3.49. The summed E-state index contributed by atoms with van der Waals surface area (Å²) in [7, 11) is 0. The van der Waals surface area contributed by atoms with Crippen LogP contribution in [0, 0.1) is 22.9 Å². The number of carbonyl (C=O) groups is 2. The van der Waals surface area contributed by atoms with Gasteiger partial charge in [-0.2, -0.15) is 0 Å². The van der Waals surface area contributed by atoms with Crippen LogP contribution in [0.2, 0.25) is 0 Å². The monoisotopic (exact) mass is 356 g/mol. The van der Waals surface area contributed by atoms with Crippen molar-refractivity contribution in [2.45, 2.75) is 31.7 Å². The Bertz CT molecular complexity index is 703. The van der Waals surface area contributed by atoms with Crippen molar-refractivity contribution in [2.75, 3.05) is 19.6 Å². The van der Waals surface area contributed by atoms with E-state index < -0.39 is 29.5 Å². The largest absolute Gasteiger partial charge is 0.480 e. The van der Waals surface area contributed by atoms with E-state index in [0.717, 1.165) is 12.1 Å². The number of aliphatic carboxylic acids is 1. The van der Waals surface area contributed by atoms with Crippen LogP contribution in [0.4, 0.5) is 13.2 Å². The number of rotatable bonds is 3. The Morgan fingerprint density at radius 1 is 1.20 bits per heavy atom. The van der Waals surface area contributed by atoms with E-state index in [2.05, 4.69) is 5.32 Å². The molecule has 8 heteroatoms. The van der Waals surface area contributed by atoms with E-state index in [9.17, 15) is 22.8 Å². The first-order valence-corrected chi connectivity index (χ1v) is 8.18. The van der Waals surface area contributed by atoms with Gasteiger partial charge in [-0.25, -0.2) is 13.2 Å². The molecular weight excluding hydrogens is 337 g/mol. The minimum absolute atomic E-state index is 0.132. The zero-order valence-electron chi connectivity index (χ0n) is 13.5. The molecule has 2 fully saturated rings. The van der Waals surface area contributed by atoms with Gasteiger partial charge in [-0.1, -0.05) is 6.07 Å². The number of carboxylic acid groups (broad SMARTS) is 1. The van der Waals surface area contributed by atoms with Crippen LogP contribution in [-0.4, -0.2) is 47.6 Å². The smallest absolute Gasteiger partial charge is 0.320 e. The Balaban J connectivity index is 1.59. The number of hydrogen-bond acceptors (Lipinski definition) is 3. The number of carbonyl (C=O) groups excluding carboxylic acids is 1. The van der Waals surface area contributed by atoms with Crippen molar-refractivity contribution in [1.82, 2.24) is 10.2 Å². The van der Waals surface area contributed by atoms with E-state index in [1.807, 2.05) is 0 Å². The second kappa shape index (κ2) is 6.67. The topological polar surface area (TPSA) is 69.6 Å². The van der Waals surface area contributed by atoms with E-state index in [0.29, 0.717) is 38.9 Å². The molecule has 1 amide bonds. The van der Waals surface area contributed by atoms with Crippen molar-refractivity contribution < 1.29 is 27.9 Å². The van der Waals surface area contributed by atoms with Crippen LogP contribution in [0.5, 0.6) is 0 Å². The quantitative estimate of drug-likeness (QED) is 0.809. The first kappa shape index (κ1) is 17.7. The SMILES string of the molecule is O=C(O)[C@H]1CC2(CCN(C(=O)Cc3ccc(F)c(F)c3F)CC2)CN1. The van der Waals surface area contributed by atoms with Gasteiger partial charge >= 0.3 is 5.97 Å². The van der Waals surface area contributed by atoms with Crippen LogP contribution in [0.1, 0.15) is 24.8 Å². The zero-order valence-corrected chi connectivity index (χ0v) is 13.5. The molecule has 3 rings (SSSR count). The number of nitrogens with one attached hydrogen (secondary N) is 1. The number of halogens is 3. The van der Waals surface area contributed by atoms with Crippen molar-refractivity contribution in [3.8, 4) is 0 Å². The molecule has 0 unspecified atom stereocenters. The lowest BCUT2D eigenvalue weighted by Crippen LogP contribution is -2.44. The summed E-state index contributed by atoms with van der Waals surface area (Å²) in [5.74, 6) is -5.40. The predicted molar refractivity (Wildman–Crippen MR) is 82.3 cm³/mol. The van der Waals surface area contributed by atoms with Crippen LogP contribution < -0.4 is 5.32 Å². The number of piperidine rings is 1. The highest BCUT2D eigenvalue weighted by Gasteiger charge is 2.44. The Morgan fingerprint density at radius 3 is 2.48 bits per heavy atom. The fourth-order valence-corrected chi connectivity index (χ4v) is 3.68. The highest BCUT2D eigenvalue weighted by atomic mass is 19.2. The summed E-state index contributed by atoms with van der Waals surface area (Å²) in [5.41, 5.74) is -0.301. The molecule has 25 heavy (non-hydrogen) atoms. The van der Waals surface area contributed by atoms with Gasteiger partial charge in [0.25, 0.3) is 0 Å². The molecule has 0 aliphatic carbocycles. The third-order valence-corrected chi connectivity index (χ3v) is 5.29. The maximum atomic E-state index is 13.7. The van der Waals surface area contributed by atoms with Crippen LogP contribution >= 0.6 is 0 Å². The maximum absolute atomic E-state index is 13.7. The standard InChI is InChI=1S/C17H19F3N2O3/c18-11-2-1-10(14(19)15(11)20)7-13(23)22-5-3-17(4-6-22)8-12(16(24)25)21-9-17/h1-2,12,21H,3-9H2,(H,24,25)/t12-/m1/s1. The molecule has 0 aromatic heterocycles. The Labute approximate surface area is 142 Å². The fraction of sp³-hybridized carbons (Fsp3) is 0.529. The van der Waals surface area contributed by atoms with E-state index >= 15 is 0 Å². The summed E-state index contributed by atoms with van der Waals surface area (Å²) in [6, 6.07) is 1.33. The summed E-state index contributed by atoms with van der Waals surface area (Å²) in [5, 5.41) is 12.1. The first-order chi connectivity index (χ1) is 11.8. The van der Waals surface area contributed by atoms with Gasteiger partial charge in [0.05, 0.1) is 6.42 Å². The molecule has 136 valence electrons. The average molecular weight is 356 g/mol. The number of hydrogen-bond donors (Lipinski definition) is 2. The molecule has 1 aromatic carbocycles. The van der Waals surface area contributed by atoms with Gasteiger partial charge in [-0.15, -0.1) is 0 Å². The average Bonchev–Trinajstić information content (AvgIpc) is 3.00. The summed E-state index contributed by atoms with van der Waals surface area (Å²) >= 11 is 0. The number of nitrogens with zero attached hydrogens (tertiary/aromatic N) is 1. The Morgan fingerprint density at radius 2 is 1.88 bits per heavy atom. The minimum Gasteiger partial charge on any atom is -0.480 e. The summed E-state index contributed by atoms with van der Waals surface area (Å²) < 4.78 is 39.9. The molecule has 5 nitrogen and oxygen atoms in total. The molecule has 0 radical (unpaired) electrons. The van der Waals surface area contributed by atoms with Crippen molar-refractivity contribution in [3.05, 3.63) is 35.1 Å². The van der Waals surface area contributed by atoms with E-state index in [-0.39, 0.29) is 23.3 Å². The predicted octanol–water partition coefficient (Wildman–Crippen LogP) is 1.70. The maximum Gasteiger partial charge on any atom is 0.320 e. The number of amides is 1. The van der Waals surface area contributed by atoms with Gasteiger partial charge in [0.15, 0.2) is 17.5 Å². The zero-order chi connectivity index (χ0) is 18.2. The van der Waals surface area contributed by atoms with Crippen LogP contribution in [-0.2, 0) is 16.0 Å². The van der Waals surface area contributed by atoms with Crippen LogP contribution in [0.3, 0.4) is 0 Å². The molecule has 0 bridgehead atoms. The molecule has 1 aromatic rings. The van der Waals surface area contributed by atoms with E-state index in [4.69, 9.17) is 5.11 Å².